The van der Waals surface area contributed by atoms with Gasteiger partial charge in [-0.2, -0.15) is 0 Å². The Balaban J connectivity index is 1.32. The SMILES string of the molecule is O=C(CCCOc1ccccc1)NCCc1nnc(-c2ccncc2)o1. The topological polar surface area (TPSA) is 90.1 Å². The molecule has 134 valence electrons. The molecule has 7 heteroatoms. The van der Waals surface area contributed by atoms with Crippen molar-refractivity contribution in [2.24, 2.45) is 0 Å². The van der Waals surface area contributed by atoms with Crippen molar-refractivity contribution >= 4 is 5.91 Å². The third kappa shape index (κ3) is 5.41. The van der Waals surface area contributed by atoms with Crippen LogP contribution in [0.4, 0.5) is 0 Å². The number of carbonyl (C=O) groups excluding carboxylic acids is 1. The number of nitrogens with zero attached hydrogens (tertiary/aromatic N) is 3. The van der Waals surface area contributed by atoms with Crippen molar-refractivity contribution in [3.63, 3.8) is 0 Å². The van der Waals surface area contributed by atoms with Crippen molar-refractivity contribution in [2.45, 2.75) is 19.3 Å². The predicted molar refractivity (Wildman–Crippen MR) is 95.4 cm³/mol. The monoisotopic (exact) mass is 352 g/mol. The summed E-state index contributed by atoms with van der Waals surface area (Å²) in [6.07, 6.45) is 4.90. The molecule has 7 nitrogen and oxygen atoms in total. The minimum absolute atomic E-state index is 0.0180. The molecule has 26 heavy (non-hydrogen) atoms. The van der Waals surface area contributed by atoms with Gasteiger partial charge in [-0.1, -0.05) is 18.2 Å². The van der Waals surface area contributed by atoms with Gasteiger partial charge in [0.15, 0.2) is 0 Å². The highest BCUT2D eigenvalue weighted by molar-refractivity contribution is 5.75. The molecule has 0 aliphatic rings. The summed E-state index contributed by atoms with van der Waals surface area (Å²) >= 11 is 0. The van der Waals surface area contributed by atoms with E-state index < -0.39 is 0 Å². The highest BCUT2D eigenvalue weighted by Crippen LogP contribution is 2.16. The van der Waals surface area contributed by atoms with Crippen molar-refractivity contribution in [1.82, 2.24) is 20.5 Å². The van der Waals surface area contributed by atoms with Crippen LogP contribution in [0.15, 0.2) is 59.3 Å². The molecular weight excluding hydrogens is 332 g/mol. The Bertz CT molecular complexity index is 806. The Morgan fingerprint density at radius 3 is 2.69 bits per heavy atom. The number of ether oxygens (including phenoxy) is 1. The summed E-state index contributed by atoms with van der Waals surface area (Å²) in [5, 5.41) is 10.8. The lowest BCUT2D eigenvalue weighted by Crippen LogP contribution is -2.25. The first-order chi connectivity index (χ1) is 12.8. The number of carbonyl (C=O) groups is 1. The van der Waals surface area contributed by atoms with Crippen LogP contribution in [0.3, 0.4) is 0 Å². The highest BCUT2D eigenvalue weighted by Gasteiger charge is 2.08. The Labute approximate surface area is 151 Å². The summed E-state index contributed by atoms with van der Waals surface area (Å²) in [5.74, 6) is 1.74. The summed E-state index contributed by atoms with van der Waals surface area (Å²) in [5.41, 5.74) is 0.821. The lowest BCUT2D eigenvalue weighted by atomic mass is 10.3. The molecule has 0 radical (unpaired) electrons. The van der Waals surface area contributed by atoms with Crippen LogP contribution in [0.2, 0.25) is 0 Å². The molecule has 0 unspecified atom stereocenters. The highest BCUT2D eigenvalue weighted by atomic mass is 16.5. The van der Waals surface area contributed by atoms with Gasteiger partial charge in [-0.15, -0.1) is 10.2 Å². The van der Waals surface area contributed by atoms with E-state index in [1.807, 2.05) is 30.3 Å². The van der Waals surface area contributed by atoms with Crippen LogP contribution in [-0.2, 0) is 11.2 Å². The van der Waals surface area contributed by atoms with Crippen LogP contribution < -0.4 is 10.1 Å². The normalized spacial score (nSPS) is 10.5. The molecule has 0 saturated carbocycles. The van der Waals surface area contributed by atoms with Crippen molar-refractivity contribution in [2.75, 3.05) is 13.2 Å². The summed E-state index contributed by atoms with van der Waals surface area (Å²) in [6.45, 7) is 0.965. The van der Waals surface area contributed by atoms with Crippen LogP contribution in [0, 0.1) is 0 Å². The molecule has 1 N–H and O–H groups in total. The van der Waals surface area contributed by atoms with Crippen LogP contribution in [0.1, 0.15) is 18.7 Å². The number of hydrogen-bond donors (Lipinski definition) is 1. The van der Waals surface area contributed by atoms with Gasteiger partial charge in [0, 0.05) is 37.3 Å². The Morgan fingerprint density at radius 1 is 1.08 bits per heavy atom. The molecule has 0 fully saturated rings. The first-order valence-electron chi connectivity index (χ1n) is 8.48. The number of nitrogens with one attached hydrogen (secondary N) is 1. The number of para-hydroxylation sites is 1. The first kappa shape index (κ1) is 17.6. The predicted octanol–water partition coefficient (Wildman–Crippen LogP) is 2.65. The average Bonchev–Trinajstić information content (AvgIpc) is 3.16. The average molecular weight is 352 g/mol. The van der Waals surface area contributed by atoms with Gasteiger partial charge >= 0.3 is 0 Å². The second kappa shape index (κ2) is 9.31. The maximum absolute atomic E-state index is 11.8. The van der Waals surface area contributed by atoms with Crippen molar-refractivity contribution in [3.8, 4) is 17.2 Å². The lowest BCUT2D eigenvalue weighted by molar-refractivity contribution is -0.121. The molecule has 2 aromatic heterocycles. The van der Waals surface area contributed by atoms with E-state index in [0.29, 0.717) is 44.2 Å². The molecule has 3 rings (SSSR count). The second-order valence-electron chi connectivity index (χ2n) is 5.60. The largest absolute Gasteiger partial charge is 0.494 e. The molecule has 1 aromatic carbocycles. The van der Waals surface area contributed by atoms with Gasteiger partial charge < -0.3 is 14.5 Å². The molecule has 0 spiro atoms. The zero-order chi connectivity index (χ0) is 18.0. The second-order valence-corrected chi connectivity index (χ2v) is 5.60. The molecule has 2 heterocycles. The summed E-state index contributed by atoms with van der Waals surface area (Å²) < 4.78 is 11.1. The third-order valence-electron chi connectivity index (χ3n) is 3.62. The standard InChI is InChI=1S/C19H20N4O3/c24-17(7-4-14-25-16-5-2-1-3-6-16)21-13-10-18-22-23-19(26-18)15-8-11-20-12-9-15/h1-3,5-6,8-9,11-12H,4,7,10,13-14H2,(H,21,24). The van der Waals surface area contributed by atoms with Gasteiger partial charge in [-0.05, 0) is 30.7 Å². The van der Waals surface area contributed by atoms with Crippen molar-refractivity contribution in [1.29, 1.82) is 0 Å². The van der Waals surface area contributed by atoms with E-state index >= 15 is 0 Å². The molecule has 0 aliphatic carbocycles. The number of amides is 1. The Kier molecular flexibility index (Phi) is 6.30. The Morgan fingerprint density at radius 2 is 1.88 bits per heavy atom. The van der Waals surface area contributed by atoms with Crippen LogP contribution in [0.5, 0.6) is 5.75 Å². The van der Waals surface area contributed by atoms with Gasteiger partial charge in [0.1, 0.15) is 5.75 Å². The summed E-state index contributed by atoms with van der Waals surface area (Å²) in [4.78, 5) is 15.8. The fraction of sp³-hybridized carbons (Fsp3) is 0.263. The smallest absolute Gasteiger partial charge is 0.247 e. The first-order valence-corrected chi connectivity index (χ1v) is 8.48. The van der Waals surface area contributed by atoms with Gasteiger partial charge in [-0.25, -0.2) is 0 Å². The van der Waals surface area contributed by atoms with Gasteiger partial charge in [0.25, 0.3) is 0 Å². The maximum atomic E-state index is 11.8. The molecule has 0 bridgehead atoms. The third-order valence-corrected chi connectivity index (χ3v) is 3.62. The van der Waals surface area contributed by atoms with E-state index in [1.165, 1.54) is 0 Å². The molecule has 3 aromatic rings. The van der Waals surface area contributed by atoms with Crippen LogP contribution in [0.25, 0.3) is 11.5 Å². The quantitative estimate of drug-likeness (QED) is 0.596. The number of aromatic nitrogens is 3. The van der Waals surface area contributed by atoms with Crippen molar-refractivity contribution < 1.29 is 13.9 Å². The summed E-state index contributed by atoms with van der Waals surface area (Å²) in [6, 6.07) is 13.2. The van der Waals surface area contributed by atoms with Gasteiger partial charge in [0.2, 0.25) is 17.7 Å². The van der Waals surface area contributed by atoms with E-state index in [2.05, 4.69) is 20.5 Å². The molecule has 0 atom stereocenters. The lowest BCUT2D eigenvalue weighted by Gasteiger charge is -2.06. The molecular formula is C19H20N4O3. The van der Waals surface area contributed by atoms with Crippen LogP contribution in [-0.4, -0.2) is 34.2 Å². The minimum Gasteiger partial charge on any atom is -0.494 e. The van der Waals surface area contributed by atoms with Crippen molar-refractivity contribution in [3.05, 3.63) is 60.7 Å². The fourth-order valence-corrected chi connectivity index (χ4v) is 2.30. The number of pyridine rings is 1. The number of hydrogen-bond acceptors (Lipinski definition) is 6. The van der Waals surface area contributed by atoms with E-state index in [4.69, 9.17) is 9.15 Å². The van der Waals surface area contributed by atoms with Gasteiger partial charge in [0.05, 0.1) is 6.61 Å². The summed E-state index contributed by atoms with van der Waals surface area (Å²) in [7, 11) is 0. The van der Waals surface area contributed by atoms with Crippen LogP contribution >= 0.6 is 0 Å². The van der Waals surface area contributed by atoms with Gasteiger partial charge in [-0.3, -0.25) is 9.78 Å². The minimum atomic E-state index is -0.0180. The number of rotatable bonds is 9. The van der Waals surface area contributed by atoms with E-state index in [-0.39, 0.29) is 5.91 Å². The molecule has 1 amide bonds. The van der Waals surface area contributed by atoms with E-state index in [0.717, 1.165) is 11.3 Å². The Hall–Kier alpha value is -3.22. The van der Waals surface area contributed by atoms with E-state index in [1.54, 1.807) is 24.5 Å². The maximum Gasteiger partial charge on any atom is 0.247 e. The zero-order valence-corrected chi connectivity index (χ0v) is 14.3. The molecule has 0 saturated heterocycles. The van der Waals surface area contributed by atoms with E-state index in [9.17, 15) is 4.79 Å². The fourth-order valence-electron chi connectivity index (χ4n) is 2.30. The molecule has 0 aliphatic heterocycles. The number of benzene rings is 1. The zero-order valence-electron chi connectivity index (χ0n) is 14.3.